The van der Waals surface area contributed by atoms with Gasteiger partial charge in [0.05, 0.1) is 20.1 Å². The lowest BCUT2D eigenvalue weighted by molar-refractivity contribution is -0.141. The van der Waals surface area contributed by atoms with Crippen LogP contribution >= 0.6 is 0 Å². The van der Waals surface area contributed by atoms with Gasteiger partial charge < -0.3 is 9.47 Å². The van der Waals surface area contributed by atoms with Crippen molar-refractivity contribution in [1.82, 2.24) is 0 Å². The maximum absolute atomic E-state index is 11.2. The second kappa shape index (κ2) is 15.8. The fourth-order valence-electron chi connectivity index (χ4n) is 4.64. The average Bonchev–Trinajstić information content (AvgIpc) is 2.96. The van der Waals surface area contributed by atoms with Crippen molar-refractivity contribution in [1.29, 1.82) is 0 Å². The number of carbonyl (C=O) groups excluding carboxylic acids is 1. The predicted octanol–water partition coefficient (Wildman–Crippen LogP) is 9.37. The molecule has 0 bridgehead atoms. The minimum Gasteiger partial charge on any atom is -0.493 e. The van der Waals surface area contributed by atoms with Crippen molar-refractivity contribution in [3.05, 3.63) is 77.9 Å². The fourth-order valence-corrected chi connectivity index (χ4v) is 4.64. The Morgan fingerprint density at radius 3 is 1.94 bits per heavy atom. The highest BCUT2D eigenvalue weighted by molar-refractivity contribution is 5.74. The van der Waals surface area contributed by atoms with Crippen LogP contribution in [0.2, 0.25) is 0 Å². The van der Waals surface area contributed by atoms with Crippen molar-refractivity contribution in [2.75, 3.05) is 13.7 Å². The van der Waals surface area contributed by atoms with Crippen LogP contribution in [0.4, 0.5) is 0 Å². The van der Waals surface area contributed by atoms with Gasteiger partial charge in [-0.2, -0.15) is 0 Å². The topological polar surface area (TPSA) is 35.5 Å². The minimum atomic E-state index is -0.263. The van der Waals surface area contributed by atoms with E-state index in [1.54, 1.807) is 0 Å². The van der Waals surface area contributed by atoms with Crippen LogP contribution in [0.5, 0.6) is 5.75 Å². The van der Waals surface area contributed by atoms with E-state index in [0.717, 1.165) is 17.2 Å². The molecule has 0 radical (unpaired) electrons. The molecule has 1 aliphatic carbocycles. The highest BCUT2D eigenvalue weighted by Crippen LogP contribution is 2.34. The van der Waals surface area contributed by atoms with Gasteiger partial charge in [0, 0.05) is 0 Å². The first-order valence-electron chi connectivity index (χ1n) is 13.6. The maximum Gasteiger partial charge on any atom is 0.308 e. The summed E-state index contributed by atoms with van der Waals surface area (Å²) in [6.45, 7) is 10.5. The molecule has 0 saturated heterocycles. The Hall–Kier alpha value is -3.07. The molecule has 0 unspecified atom stereocenters. The molecule has 3 heteroatoms. The third-order valence-electron chi connectivity index (χ3n) is 6.51. The Morgan fingerprint density at radius 2 is 1.36 bits per heavy atom. The molecule has 0 N–H and O–H groups in total. The van der Waals surface area contributed by atoms with E-state index in [4.69, 9.17) is 4.74 Å². The van der Waals surface area contributed by atoms with Crippen molar-refractivity contribution >= 4 is 5.97 Å². The number of methoxy groups -OCH3 is 1. The van der Waals surface area contributed by atoms with E-state index in [9.17, 15) is 4.79 Å². The highest BCUT2D eigenvalue weighted by Gasteiger charge is 2.15. The molecule has 1 fully saturated rings. The van der Waals surface area contributed by atoms with E-state index >= 15 is 0 Å². The Morgan fingerprint density at radius 1 is 0.778 bits per heavy atom. The predicted molar refractivity (Wildman–Crippen MR) is 153 cm³/mol. The average molecular weight is 489 g/mol. The molecular formula is C33H44O3. The molecule has 0 heterocycles. The fraction of sp³-hybridized carbons (Fsp3) is 0.424. The molecule has 3 aromatic rings. The smallest absolute Gasteiger partial charge is 0.308 e. The Kier molecular flexibility index (Phi) is 12.8. The normalized spacial score (nSPS) is 12.9. The van der Waals surface area contributed by atoms with Crippen molar-refractivity contribution in [2.24, 2.45) is 0 Å². The first-order chi connectivity index (χ1) is 17.6. The van der Waals surface area contributed by atoms with Gasteiger partial charge in [-0.05, 0) is 71.2 Å². The number of ether oxygens (including phenoxy) is 2. The van der Waals surface area contributed by atoms with Crippen LogP contribution < -0.4 is 4.74 Å². The quantitative estimate of drug-likeness (QED) is 0.311. The summed E-state index contributed by atoms with van der Waals surface area (Å²) in [6, 6.07) is 23.9. The Balaban J connectivity index is 0.00000109. The molecule has 36 heavy (non-hydrogen) atoms. The minimum absolute atomic E-state index is 0.250. The molecule has 1 saturated carbocycles. The first-order valence-corrected chi connectivity index (χ1v) is 13.6. The summed E-state index contributed by atoms with van der Waals surface area (Å²) < 4.78 is 10.3. The van der Waals surface area contributed by atoms with Crippen molar-refractivity contribution < 1.29 is 14.3 Å². The van der Waals surface area contributed by atoms with Gasteiger partial charge in [0.25, 0.3) is 0 Å². The van der Waals surface area contributed by atoms with Gasteiger partial charge in [-0.1, -0.05) is 102 Å². The number of carbonyl (C=O) groups is 1. The monoisotopic (exact) mass is 488 g/mol. The summed E-state index contributed by atoms with van der Waals surface area (Å²) in [6.07, 6.45) is 7.05. The van der Waals surface area contributed by atoms with Gasteiger partial charge >= 0.3 is 5.97 Å². The van der Waals surface area contributed by atoms with Crippen LogP contribution in [0, 0.1) is 6.92 Å². The number of hydrogen-bond donors (Lipinski definition) is 0. The zero-order valence-corrected chi connectivity index (χ0v) is 23.1. The summed E-state index contributed by atoms with van der Waals surface area (Å²) in [7, 11) is 1.39. The molecule has 0 aromatic heterocycles. The largest absolute Gasteiger partial charge is 0.493 e. The highest BCUT2D eigenvalue weighted by atomic mass is 16.5. The number of hydrogen-bond acceptors (Lipinski definition) is 3. The molecule has 1 aliphatic rings. The van der Waals surface area contributed by atoms with Crippen LogP contribution in [0.25, 0.3) is 22.3 Å². The van der Waals surface area contributed by atoms with Crippen LogP contribution in [-0.4, -0.2) is 19.7 Å². The summed E-state index contributed by atoms with van der Waals surface area (Å²) in [5, 5.41) is 0. The summed E-state index contributed by atoms with van der Waals surface area (Å²) >= 11 is 0. The Labute approximate surface area is 218 Å². The SMILES string of the molecule is CC.CC.COC(=O)CCOc1ccc(-c2ccc(-c3ccc(C4CCCCC4)cc3)cc2C)cc1. The van der Waals surface area contributed by atoms with Crippen molar-refractivity contribution in [2.45, 2.75) is 79.1 Å². The lowest BCUT2D eigenvalue weighted by Gasteiger charge is -2.22. The van der Waals surface area contributed by atoms with Crippen LogP contribution in [0.3, 0.4) is 0 Å². The second-order valence-electron chi connectivity index (χ2n) is 8.69. The molecule has 4 rings (SSSR count). The van der Waals surface area contributed by atoms with Gasteiger partial charge in [-0.25, -0.2) is 0 Å². The molecule has 194 valence electrons. The zero-order valence-electron chi connectivity index (χ0n) is 23.1. The van der Waals surface area contributed by atoms with Gasteiger partial charge in [0.15, 0.2) is 0 Å². The zero-order chi connectivity index (χ0) is 26.3. The molecular weight excluding hydrogens is 444 g/mol. The number of rotatable bonds is 7. The van der Waals surface area contributed by atoms with E-state index < -0.39 is 0 Å². The van der Waals surface area contributed by atoms with Crippen LogP contribution in [0.15, 0.2) is 66.7 Å². The van der Waals surface area contributed by atoms with Gasteiger partial charge in [-0.3, -0.25) is 4.79 Å². The summed E-state index contributed by atoms with van der Waals surface area (Å²) in [5.41, 5.74) is 7.64. The molecule has 3 aromatic carbocycles. The molecule has 0 aliphatic heterocycles. The summed E-state index contributed by atoms with van der Waals surface area (Å²) in [4.78, 5) is 11.2. The van der Waals surface area contributed by atoms with E-state index in [-0.39, 0.29) is 12.4 Å². The van der Waals surface area contributed by atoms with E-state index in [2.05, 4.69) is 66.3 Å². The Bertz CT molecular complexity index is 1030. The maximum atomic E-state index is 11.2. The van der Waals surface area contributed by atoms with Gasteiger partial charge in [0.2, 0.25) is 0 Å². The molecule has 0 atom stereocenters. The number of esters is 1. The second-order valence-corrected chi connectivity index (χ2v) is 8.69. The van der Waals surface area contributed by atoms with Gasteiger partial charge in [0.1, 0.15) is 5.75 Å². The molecule has 3 nitrogen and oxygen atoms in total. The number of benzene rings is 3. The van der Waals surface area contributed by atoms with Crippen LogP contribution in [0.1, 0.15) is 83.3 Å². The third-order valence-corrected chi connectivity index (χ3v) is 6.51. The standard InChI is InChI=1S/C29H32O3.2C2H6/c1-21-20-26(24-10-8-23(9-11-24)22-6-4-3-5-7-22)14-17-28(21)25-12-15-27(16-13-25)32-19-18-29(30)31-2;2*1-2/h8-17,20,22H,3-7,18-19H2,1-2H3;2*1-2H3. The van der Waals surface area contributed by atoms with E-state index in [0.29, 0.717) is 6.61 Å². The lowest BCUT2D eigenvalue weighted by atomic mass is 9.83. The van der Waals surface area contributed by atoms with Crippen LogP contribution in [-0.2, 0) is 9.53 Å². The lowest BCUT2D eigenvalue weighted by Crippen LogP contribution is -2.07. The van der Waals surface area contributed by atoms with Crippen molar-refractivity contribution in [3.8, 4) is 28.0 Å². The first kappa shape index (κ1) is 29.2. The van der Waals surface area contributed by atoms with E-state index in [1.165, 1.54) is 67.0 Å². The van der Waals surface area contributed by atoms with E-state index in [1.807, 2.05) is 39.8 Å². The molecule has 0 spiro atoms. The molecule has 0 amide bonds. The van der Waals surface area contributed by atoms with Crippen molar-refractivity contribution in [3.63, 3.8) is 0 Å². The summed E-state index contributed by atoms with van der Waals surface area (Å²) in [5.74, 6) is 1.24. The van der Waals surface area contributed by atoms with Gasteiger partial charge in [-0.15, -0.1) is 0 Å². The number of aryl methyl sites for hydroxylation is 1. The third kappa shape index (κ3) is 8.26.